The highest BCUT2D eigenvalue weighted by molar-refractivity contribution is 5.98. The number of ether oxygens (including phenoxy) is 2. The first-order valence-corrected chi connectivity index (χ1v) is 10.7. The molecule has 0 unspecified atom stereocenters. The fourth-order valence-electron chi connectivity index (χ4n) is 3.17. The number of hydrogen-bond donors (Lipinski definition) is 1. The minimum Gasteiger partial charge on any atom is -0.489 e. The zero-order chi connectivity index (χ0) is 23.8. The van der Waals surface area contributed by atoms with E-state index < -0.39 is 11.7 Å². The van der Waals surface area contributed by atoms with E-state index in [1.165, 1.54) is 0 Å². The van der Waals surface area contributed by atoms with Gasteiger partial charge in [-0.3, -0.25) is 4.79 Å². The summed E-state index contributed by atoms with van der Waals surface area (Å²) in [4.78, 5) is 24.4. The van der Waals surface area contributed by atoms with E-state index in [-0.39, 0.29) is 24.5 Å². The summed E-state index contributed by atoms with van der Waals surface area (Å²) in [6.07, 6.45) is 0.0747. The van der Waals surface area contributed by atoms with Crippen LogP contribution in [0.1, 0.15) is 36.7 Å². The number of carbonyl (C=O) groups excluding carboxylic acids is 2. The Hall–Kier alpha value is -3.67. The average Bonchev–Trinajstić information content (AvgIpc) is 2.78. The first kappa shape index (κ1) is 24.0. The Labute approximate surface area is 193 Å². The number of carbonyl (C=O) groups is 2. The molecule has 0 fully saturated rings. The van der Waals surface area contributed by atoms with Gasteiger partial charge in [0.2, 0.25) is 0 Å². The molecule has 3 aromatic rings. The van der Waals surface area contributed by atoms with Crippen molar-refractivity contribution in [3.05, 3.63) is 89.8 Å². The summed E-state index contributed by atoms with van der Waals surface area (Å²) in [5, 5.41) is 4.73. The Bertz CT molecular complexity index is 1150. The van der Waals surface area contributed by atoms with Crippen LogP contribution in [-0.4, -0.2) is 30.6 Å². The van der Waals surface area contributed by atoms with Gasteiger partial charge in [-0.2, -0.15) is 0 Å². The molecule has 172 valence electrons. The lowest BCUT2D eigenvalue weighted by Gasteiger charge is -2.20. The van der Waals surface area contributed by atoms with E-state index in [1.54, 1.807) is 45.0 Å². The molecule has 0 saturated carbocycles. The maximum atomic E-state index is 13.1. The van der Waals surface area contributed by atoms with E-state index in [0.717, 1.165) is 16.3 Å². The van der Waals surface area contributed by atoms with Crippen LogP contribution in [0.3, 0.4) is 0 Å². The van der Waals surface area contributed by atoms with Crippen LogP contribution in [0.2, 0.25) is 0 Å². The van der Waals surface area contributed by atoms with Gasteiger partial charge in [0.1, 0.15) is 18.0 Å². The standard InChI is InChI=1S/C27H28FNO4/c1-27(2,3)33-26(31)29-17-20(16-28)18-32-24-12-10-22(11-13-24)25(30)15-19-8-9-21-6-4-5-7-23(21)14-19/h4-14,16H,15,17-18H2,1-3H3,(H,29,31). The van der Waals surface area contributed by atoms with Crippen molar-refractivity contribution in [2.45, 2.75) is 32.8 Å². The number of amides is 1. The topological polar surface area (TPSA) is 64.6 Å². The molecule has 0 aliphatic carbocycles. The van der Waals surface area contributed by atoms with Gasteiger partial charge in [-0.25, -0.2) is 9.18 Å². The highest BCUT2D eigenvalue weighted by atomic mass is 19.1. The van der Waals surface area contributed by atoms with Crippen molar-refractivity contribution in [1.29, 1.82) is 0 Å². The number of benzene rings is 3. The molecule has 0 spiro atoms. The molecule has 33 heavy (non-hydrogen) atoms. The summed E-state index contributed by atoms with van der Waals surface area (Å²) in [7, 11) is 0. The third-order valence-electron chi connectivity index (χ3n) is 4.79. The molecular formula is C27H28FNO4. The molecule has 1 N–H and O–H groups in total. The monoisotopic (exact) mass is 449 g/mol. The number of rotatable bonds is 8. The molecule has 0 aliphatic heterocycles. The van der Waals surface area contributed by atoms with Gasteiger partial charge in [0.15, 0.2) is 5.78 Å². The first-order chi connectivity index (χ1) is 15.7. The molecule has 0 bridgehead atoms. The van der Waals surface area contributed by atoms with Gasteiger partial charge in [-0.1, -0.05) is 42.5 Å². The summed E-state index contributed by atoms with van der Waals surface area (Å²) < 4.78 is 23.8. The summed E-state index contributed by atoms with van der Waals surface area (Å²) in [6, 6.07) is 20.8. The number of halogens is 1. The number of alkyl carbamates (subject to hydrolysis) is 1. The summed E-state index contributed by atoms with van der Waals surface area (Å²) >= 11 is 0. The highest BCUT2D eigenvalue weighted by Gasteiger charge is 2.16. The zero-order valence-electron chi connectivity index (χ0n) is 19.1. The summed E-state index contributed by atoms with van der Waals surface area (Å²) in [5.74, 6) is 0.497. The maximum absolute atomic E-state index is 13.1. The van der Waals surface area contributed by atoms with E-state index in [9.17, 15) is 14.0 Å². The van der Waals surface area contributed by atoms with Crippen LogP contribution >= 0.6 is 0 Å². The van der Waals surface area contributed by atoms with Crippen molar-refractivity contribution in [2.24, 2.45) is 0 Å². The Morgan fingerprint density at radius 1 is 0.970 bits per heavy atom. The second kappa shape index (κ2) is 10.8. The molecule has 3 rings (SSSR count). The fraction of sp³-hybridized carbons (Fsp3) is 0.259. The number of nitrogens with one attached hydrogen (secondary N) is 1. The number of Topliss-reactive ketones (excluding diaryl/α,β-unsaturated/α-hetero) is 1. The van der Waals surface area contributed by atoms with Crippen molar-refractivity contribution in [1.82, 2.24) is 5.32 Å². The van der Waals surface area contributed by atoms with Gasteiger partial charge >= 0.3 is 6.09 Å². The quantitative estimate of drug-likeness (QED) is 0.427. The maximum Gasteiger partial charge on any atom is 0.407 e. The molecule has 0 aromatic heterocycles. The number of hydrogen-bond acceptors (Lipinski definition) is 4. The van der Waals surface area contributed by atoms with E-state index in [2.05, 4.69) is 5.32 Å². The van der Waals surface area contributed by atoms with Crippen molar-refractivity contribution in [3.8, 4) is 5.75 Å². The molecule has 0 heterocycles. The van der Waals surface area contributed by atoms with Crippen molar-refractivity contribution in [3.63, 3.8) is 0 Å². The molecule has 1 amide bonds. The second-order valence-electron chi connectivity index (χ2n) is 8.72. The SMILES string of the molecule is CC(C)(C)OC(=O)NCC(=CF)COc1ccc(C(=O)Cc2ccc3ccccc3c2)cc1. The second-order valence-corrected chi connectivity index (χ2v) is 8.72. The van der Waals surface area contributed by atoms with Crippen LogP contribution in [-0.2, 0) is 11.2 Å². The van der Waals surface area contributed by atoms with Crippen LogP contribution in [0.15, 0.2) is 78.6 Å². The Kier molecular flexibility index (Phi) is 7.83. The molecule has 5 nitrogen and oxygen atoms in total. The Morgan fingerprint density at radius 3 is 2.33 bits per heavy atom. The van der Waals surface area contributed by atoms with Gasteiger partial charge in [0.05, 0.1) is 6.33 Å². The molecule has 3 aromatic carbocycles. The summed E-state index contributed by atoms with van der Waals surface area (Å²) in [6.45, 7) is 5.16. The van der Waals surface area contributed by atoms with E-state index in [1.807, 2.05) is 42.5 Å². The lowest BCUT2D eigenvalue weighted by atomic mass is 10.00. The molecule has 0 atom stereocenters. The predicted molar refractivity (Wildman–Crippen MR) is 127 cm³/mol. The molecule has 0 radical (unpaired) electrons. The van der Waals surface area contributed by atoms with E-state index in [4.69, 9.17) is 9.47 Å². The van der Waals surface area contributed by atoms with Gasteiger partial charge in [0, 0.05) is 24.1 Å². The van der Waals surface area contributed by atoms with Crippen LogP contribution in [0.25, 0.3) is 10.8 Å². The lowest BCUT2D eigenvalue weighted by molar-refractivity contribution is 0.0531. The largest absolute Gasteiger partial charge is 0.489 e. The third kappa shape index (κ3) is 7.45. The van der Waals surface area contributed by atoms with Crippen LogP contribution in [0.4, 0.5) is 9.18 Å². The van der Waals surface area contributed by atoms with Crippen molar-refractivity contribution >= 4 is 22.6 Å². The smallest absolute Gasteiger partial charge is 0.407 e. The normalized spacial score (nSPS) is 11.8. The Balaban J connectivity index is 1.51. The molecular weight excluding hydrogens is 421 g/mol. The van der Waals surface area contributed by atoms with Crippen LogP contribution < -0.4 is 10.1 Å². The van der Waals surface area contributed by atoms with Crippen molar-refractivity contribution in [2.75, 3.05) is 13.2 Å². The number of ketones is 1. The van der Waals surface area contributed by atoms with Gasteiger partial charge in [0.25, 0.3) is 0 Å². The van der Waals surface area contributed by atoms with E-state index in [0.29, 0.717) is 24.1 Å². The highest BCUT2D eigenvalue weighted by Crippen LogP contribution is 2.19. The Morgan fingerprint density at radius 2 is 1.67 bits per heavy atom. The van der Waals surface area contributed by atoms with Gasteiger partial charge < -0.3 is 14.8 Å². The summed E-state index contributed by atoms with van der Waals surface area (Å²) in [5.41, 5.74) is 1.14. The van der Waals surface area contributed by atoms with Crippen molar-refractivity contribution < 1.29 is 23.5 Å². The molecule has 6 heteroatoms. The minimum atomic E-state index is -0.631. The fourth-order valence-corrected chi connectivity index (χ4v) is 3.17. The minimum absolute atomic E-state index is 0.00253. The van der Waals surface area contributed by atoms with Gasteiger partial charge in [-0.05, 0) is 61.4 Å². The molecule has 0 saturated heterocycles. The third-order valence-corrected chi connectivity index (χ3v) is 4.79. The van der Waals surface area contributed by atoms with Gasteiger partial charge in [-0.15, -0.1) is 0 Å². The van der Waals surface area contributed by atoms with E-state index >= 15 is 0 Å². The first-order valence-electron chi connectivity index (χ1n) is 10.7. The molecule has 0 aliphatic rings. The average molecular weight is 450 g/mol. The van der Waals surface area contributed by atoms with Crippen LogP contribution in [0, 0.1) is 0 Å². The van der Waals surface area contributed by atoms with Crippen LogP contribution in [0.5, 0.6) is 5.75 Å². The number of fused-ring (bicyclic) bond motifs is 1. The predicted octanol–water partition coefficient (Wildman–Crippen LogP) is 6.02. The zero-order valence-corrected chi connectivity index (χ0v) is 19.1. The lowest BCUT2D eigenvalue weighted by Crippen LogP contribution is -2.34.